The molecule has 0 aromatic carbocycles. The third-order valence-corrected chi connectivity index (χ3v) is 1.55. The summed E-state index contributed by atoms with van der Waals surface area (Å²) in [6, 6.07) is 0. The Balaban J connectivity index is 3.91. The maximum atomic E-state index is 10.5. The van der Waals surface area contributed by atoms with Crippen LogP contribution in [0.3, 0.4) is 0 Å². The minimum Gasteiger partial charge on any atom is -0.369 e. The van der Waals surface area contributed by atoms with Gasteiger partial charge in [-0.05, 0) is 6.42 Å². The molecule has 0 atom stereocenters. The maximum Gasteiger partial charge on any atom is 0.223 e. The van der Waals surface area contributed by atoms with E-state index in [0.717, 1.165) is 6.42 Å². The van der Waals surface area contributed by atoms with Crippen LogP contribution in [0.4, 0.5) is 0 Å². The monoisotopic (exact) mass is 115 g/mol. The van der Waals surface area contributed by atoms with Gasteiger partial charge in [-0.2, -0.15) is 0 Å². The van der Waals surface area contributed by atoms with Gasteiger partial charge in [0, 0.05) is 5.41 Å². The highest BCUT2D eigenvalue weighted by molar-refractivity contribution is 5.79. The third-order valence-electron chi connectivity index (χ3n) is 1.55. The molecule has 8 heavy (non-hydrogen) atoms. The van der Waals surface area contributed by atoms with E-state index in [1.54, 1.807) is 0 Å². The van der Waals surface area contributed by atoms with Gasteiger partial charge in [0.05, 0.1) is 0 Å². The van der Waals surface area contributed by atoms with Gasteiger partial charge in [0.1, 0.15) is 0 Å². The van der Waals surface area contributed by atoms with Crippen LogP contribution in [0.1, 0.15) is 27.2 Å². The molecule has 0 saturated heterocycles. The molecule has 0 bridgehead atoms. The molecule has 0 aliphatic carbocycles. The van der Waals surface area contributed by atoms with Crippen LogP contribution < -0.4 is 5.73 Å². The summed E-state index contributed by atoms with van der Waals surface area (Å²) in [5.74, 6) is -0.222. The fourth-order valence-corrected chi connectivity index (χ4v) is 0.174. The summed E-state index contributed by atoms with van der Waals surface area (Å²) in [5.41, 5.74) is 4.72. The molecular formula is C6H13NO. The van der Waals surface area contributed by atoms with E-state index in [9.17, 15) is 4.79 Å². The van der Waals surface area contributed by atoms with Crippen LogP contribution in [0.25, 0.3) is 0 Å². The lowest BCUT2D eigenvalue weighted by Crippen LogP contribution is -2.30. The fraction of sp³-hybridized carbons (Fsp3) is 0.833. The van der Waals surface area contributed by atoms with Gasteiger partial charge < -0.3 is 5.73 Å². The van der Waals surface area contributed by atoms with Crippen molar-refractivity contribution in [3.05, 3.63) is 0 Å². The number of hydrogen-bond acceptors (Lipinski definition) is 1. The molecule has 2 N–H and O–H groups in total. The first-order chi connectivity index (χ1) is 3.50. The van der Waals surface area contributed by atoms with Crippen molar-refractivity contribution >= 4 is 5.91 Å². The van der Waals surface area contributed by atoms with Crippen molar-refractivity contribution in [1.29, 1.82) is 0 Å². The molecule has 2 nitrogen and oxygen atoms in total. The SMILES string of the molecule is CCC(C)(C)C(N)=O. The number of carbonyl (C=O) groups excluding carboxylic acids is 1. The fourth-order valence-electron chi connectivity index (χ4n) is 0.174. The lowest BCUT2D eigenvalue weighted by molar-refractivity contribution is -0.126. The Hall–Kier alpha value is -0.530. The van der Waals surface area contributed by atoms with Crippen LogP contribution >= 0.6 is 0 Å². The zero-order valence-corrected chi connectivity index (χ0v) is 5.69. The standard InChI is InChI=1S/C6H13NO/c1-4-6(2,3)5(7)8/h4H2,1-3H3,(H2,7,8). The predicted molar refractivity (Wildman–Crippen MR) is 33.3 cm³/mol. The van der Waals surface area contributed by atoms with Gasteiger partial charge in [0.25, 0.3) is 0 Å². The van der Waals surface area contributed by atoms with E-state index in [-0.39, 0.29) is 11.3 Å². The van der Waals surface area contributed by atoms with Crippen LogP contribution in [0.5, 0.6) is 0 Å². The van der Waals surface area contributed by atoms with E-state index in [2.05, 4.69) is 0 Å². The molecule has 0 rings (SSSR count). The molecule has 0 aromatic rings. The lowest BCUT2D eigenvalue weighted by Gasteiger charge is -2.16. The van der Waals surface area contributed by atoms with E-state index < -0.39 is 0 Å². The van der Waals surface area contributed by atoms with Crippen LogP contribution in [0.15, 0.2) is 0 Å². The summed E-state index contributed by atoms with van der Waals surface area (Å²) in [4.78, 5) is 10.5. The summed E-state index contributed by atoms with van der Waals surface area (Å²) in [6.45, 7) is 5.63. The summed E-state index contributed by atoms with van der Waals surface area (Å²) < 4.78 is 0. The number of amides is 1. The molecule has 0 radical (unpaired) electrons. The Morgan fingerprint density at radius 1 is 1.62 bits per heavy atom. The summed E-state index contributed by atoms with van der Waals surface area (Å²) in [6.07, 6.45) is 0.808. The molecule has 1 amide bonds. The smallest absolute Gasteiger partial charge is 0.223 e. The molecule has 0 spiro atoms. The summed E-state index contributed by atoms with van der Waals surface area (Å²) in [5, 5.41) is 0. The van der Waals surface area contributed by atoms with Crippen molar-refractivity contribution < 1.29 is 4.79 Å². The van der Waals surface area contributed by atoms with E-state index in [0.29, 0.717) is 0 Å². The van der Waals surface area contributed by atoms with Gasteiger partial charge in [0.15, 0.2) is 0 Å². The van der Waals surface area contributed by atoms with Crippen molar-refractivity contribution in [2.24, 2.45) is 11.1 Å². The first-order valence-electron chi connectivity index (χ1n) is 2.80. The van der Waals surface area contributed by atoms with Crippen molar-refractivity contribution in [1.82, 2.24) is 0 Å². The van der Waals surface area contributed by atoms with Crippen LogP contribution in [-0.4, -0.2) is 5.91 Å². The lowest BCUT2D eigenvalue weighted by atomic mass is 9.90. The quantitative estimate of drug-likeness (QED) is 0.571. The average Bonchev–Trinajstić information content (AvgIpc) is 1.67. The van der Waals surface area contributed by atoms with Gasteiger partial charge in [-0.15, -0.1) is 0 Å². The minimum absolute atomic E-state index is 0.222. The molecule has 0 aliphatic heterocycles. The van der Waals surface area contributed by atoms with E-state index >= 15 is 0 Å². The molecule has 0 unspecified atom stereocenters. The van der Waals surface area contributed by atoms with Crippen molar-refractivity contribution in [2.75, 3.05) is 0 Å². The largest absolute Gasteiger partial charge is 0.369 e. The Morgan fingerprint density at radius 2 is 2.00 bits per heavy atom. The Morgan fingerprint density at radius 3 is 2.00 bits per heavy atom. The Bertz CT molecular complexity index is 96.7. The summed E-state index contributed by atoms with van der Waals surface area (Å²) >= 11 is 0. The normalized spacial score (nSPS) is 11.4. The van der Waals surface area contributed by atoms with Crippen LogP contribution in [-0.2, 0) is 4.79 Å². The van der Waals surface area contributed by atoms with Crippen molar-refractivity contribution in [2.45, 2.75) is 27.2 Å². The molecule has 2 heteroatoms. The highest BCUT2D eigenvalue weighted by Crippen LogP contribution is 2.17. The molecule has 0 fully saturated rings. The maximum absolute atomic E-state index is 10.5. The second kappa shape index (κ2) is 2.16. The average molecular weight is 115 g/mol. The van der Waals surface area contributed by atoms with Gasteiger partial charge in [-0.3, -0.25) is 4.79 Å². The number of carbonyl (C=O) groups is 1. The predicted octanol–water partition coefficient (Wildman–Crippen LogP) is 0.908. The number of hydrogen-bond donors (Lipinski definition) is 1. The van der Waals surface area contributed by atoms with E-state index in [1.807, 2.05) is 20.8 Å². The topological polar surface area (TPSA) is 43.1 Å². The highest BCUT2D eigenvalue weighted by Gasteiger charge is 2.21. The minimum atomic E-state index is -0.319. The molecule has 0 heterocycles. The first-order valence-corrected chi connectivity index (χ1v) is 2.80. The van der Waals surface area contributed by atoms with E-state index in [4.69, 9.17) is 5.73 Å². The zero-order valence-electron chi connectivity index (χ0n) is 5.69. The number of primary amides is 1. The molecule has 48 valence electrons. The van der Waals surface area contributed by atoms with Gasteiger partial charge in [0.2, 0.25) is 5.91 Å². The molecular weight excluding hydrogens is 102 g/mol. The van der Waals surface area contributed by atoms with Gasteiger partial charge in [-0.25, -0.2) is 0 Å². The zero-order chi connectivity index (χ0) is 6.78. The molecule has 0 aliphatic rings. The van der Waals surface area contributed by atoms with E-state index in [1.165, 1.54) is 0 Å². The van der Waals surface area contributed by atoms with Crippen LogP contribution in [0, 0.1) is 5.41 Å². The Labute approximate surface area is 50.1 Å². The highest BCUT2D eigenvalue weighted by atomic mass is 16.1. The van der Waals surface area contributed by atoms with Crippen molar-refractivity contribution in [3.63, 3.8) is 0 Å². The molecule has 0 saturated carbocycles. The van der Waals surface area contributed by atoms with Crippen molar-refractivity contribution in [3.8, 4) is 0 Å². The Kier molecular flexibility index (Phi) is 2.02. The number of nitrogens with two attached hydrogens (primary N) is 1. The van der Waals surface area contributed by atoms with Crippen LogP contribution in [0.2, 0.25) is 0 Å². The molecule has 0 aromatic heterocycles. The summed E-state index contributed by atoms with van der Waals surface area (Å²) in [7, 11) is 0. The second-order valence-electron chi connectivity index (χ2n) is 2.60. The third kappa shape index (κ3) is 1.52. The van der Waals surface area contributed by atoms with Gasteiger partial charge in [-0.1, -0.05) is 20.8 Å². The number of rotatable bonds is 2. The van der Waals surface area contributed by atoms with Gasteiger partial charge >= 0.3 is 0 Å². The second-order valence-corrected chi connectivity index (χ2v) is 2.60. The first kappa shape index (κ1) is 7.47.